The van der Waals surface area contributed by atoms with E-state index in [4.69, 9.17) is 0 Å². The average molecular weight is 210 g/mol. The van der Waals surface area contributed by atoms with E-state index in [-0.39, 0.29) is 5.92 Å². The number of carbonyl (C=O) groups excluding carboxylic acids is 1. The van der Waals surface area contributed by atoms with Gasteiger partial charge in [0.25, 0.3) is 0 Å². The Kier molecular flexibility index (Phi) is 7.37. The summed E-state index contributed by atoms with van der Waals surface area (Å²) in [6.45, 7) is 10.6. The number of hydrogen-bond donors (Lipinski definition) is 0. The van der Waals surface area contributed by atoms with Crippen molar-refractivity contribution in [3.8, 4) is 0 Å². The number of Topliss-reactive ketones (excluding diaryl/α,β-unsaturated/α-hetero) is 1. The summed E-state index contributed by atoms with van der Waals surface area (Å²) >= 11 is 0. The fourth-order valence-corrected chi connectivity index (χ4v) is 1.47. The first-order valence-corrected chi connectivity index (χ1v) is 6.09. The first kappa shape index (κ1) is 14.4. The topological polar surface area (TPSA) is 17.1 Å². The number of carbonyl (C=O) groups is 1. The predicted octanol–water partition coefficient (Wildman–Crippen LogP) is 4.37. The van der Waals surface area contributed by atoms with E-state index in [0.717, 1.165) is 19.3 Å². The van der Waals surface area contributed by atoms with Gasteiger partial charge in [-0.1, -0.05) is 38.8 Å². The van der Waals surface area contributed by atoms with Gasteiger partial charge in [0.2, 0.25) is 0 Å². The van der Waals surface area contributed by atoms with Crippen molar-refractivity contribution in [1.29, 1.82) is 0 Å². The lowest BCUT2D eigenvalue weighted by Gasteiger charge is -2.09. The minimum Gasteiger partial charge on any atom is -0.299 e. The second-order valence-electron chi connectivity index (χ2n) is 5.17. The zero-order chi connectivity index (χ0) is 11.8. The third-order valence-corrected chi connectivity index (χ3v) is 2.63. The monoisotopic (exact) mass is 210 g/mol. The quantitative estimate of drug-likeness (QED) is 0.570. The molecule has 0 N–H and O–H groups in total. The second kappa shape index (κ2) is 7.67. The van der Waals surface area contributed by atoms with Crippen LogP contribution in [0.5, 0.6) is 0 Å². The molecule has 1 unspecified atom stereocenters. The molecule has 0 saturated carbocycles. The zero-order valence-corrected chi connectivity index (χ0v) is 11.0. The van der Waals surface area contributed by atoms with E-state index in [1.54, 1.807) is 0 Å². The predicted molar refractivity (Wildman–Crippen MR) is 66.9 cm³/mol. The molecule has 0 aromatic heterocycles. The molecule has 0 rings (SSSR count). The molecule has 0 aliphatic heterocycles. The van der Waals surface area contributed by atoms with Crippen molar-refractivity contribution in [1.82, 2.24) is 0 Å². The molecular weight excluding hydrogens is 184 g/mol. The molecule has 0 heterocycles. The normalized spacial score (nSPS) is 12.7. The third kappa shape index (κ3) is 8.41. The number of hydrogen-bond acceptors (Lipinski definition) is 1. The standard InChI is InChI=1S/C14H26O/c1-11(2)7-6-8-14(15)13(5)10-9-12(3)4/h9,11,13H,6-8,10H2,1-5H3. The molecule has 0 radical (unpaired) electrons. The molecular formula is C14H26O. The van der Waals surface area contributed by atoms with E-state index in [0.29, 0.717) is 11.7 Å². The van der Waals surface area contributed by atoms with Gasteiger partial charge < -0.3 is 0 Å². The fourth-order valence-electron chi connectivity index (χ4n) is 1.47. The number of ketones is 1. The van der Waals surface area contributed by atoms with E-state index in [1.165, 1.54) is 12.0 Å². The van der Waals surface area contributed by atoms with Crippen molar-refractivity contribution >= 4 is 5.78 Å². The lowest BCUT2D eigenvalue weighted by atomic mass is 9.95. The first-order valence-electron chi connectivity index (χ1n) is 6.09. The summed E-state index contributed by atoms with van der Waals surface area (Å²) in [5, 5.41) is 0. The first-order chi connectivity index (χ1) is 6.93. The molecule has 0 fully saturated rings. The van der Waals surface area contributed by atoms with Gasteiger partial charge in [-0.2, -0.15) is 0 Å². The molecule has 15 heavy (non-hydrogen) atoms. The highest BCUT2D eigenvalue weighted by atomic mass is 16.1. The number of rotatable bonds is 7. The van der Waals surface area contributed by atoms with Crippen molar-refractivity contribution in [3.63, 3.8) is 0 Å². The van der Waals surface area contributed by atoms with Gasteiger partial charge in [-0.15, -0.1) is 0 Å². The zero-order valence-electron chi connectivity index (χ0n) is 11.0. The van der Waals surface area contributed by atoms with E-state index < -0.39 is 0 Å². The molecule has 1 heteroatoms. The van der Waals surface area contributed by atoms with Crippen LogP contribution >= 0.6 is 0 Å². The Labute approximate surface area is 95.0 Å². The molecule has 0 aliphatic rings. The Morgan fingerprint density at radius 2 is 1.80 bits per heavy atom. The largest absolute Gasteiger partial charge is 0.299 e. The van der Waals surface area contributed by atoms with Gasteiger partial charge in [-0.25, -0.2) is 0 Å². The van der Waals surface area contributed by atoms with Crippen LogP contribution in [-0.4, -0.2) is 5.78 Å². The molecule has 0 spiro atoms. The van der Waals surface area contributed by atoms with Crippen molar-refractivity contribution < 1.29 is 4.79 Å². The Morgan fingerprint density at radius 1 is 1.20 bits per heavy atom. The van der Waals surface area contributed by atoms with E-state index in [1.807, 2.05) is 6.92 Å². The van der Waals surface area contributed by atoms with Crippen LogP contribution in [0.15, 0.2) is 11.6 Å². The van der Waals surface area contributed by atoms with Crippen molar-refractivity contribution in [3.05, 3.63) is 11.6 Å². The molecule has 0 aromatic rings. The minimum absolute atomic E-state index is 0.201. The van der Waals surface area contributed by atoms with Crippen LogP contribution in [0.1, 0.15) is 60.3 Å². The van der Waals surface area contributed by atoms with Gasteiger partial charge in [-0.05, 0) is 32.6 Å². The van der Waals surface area contributed by atoms with Crippen LogP contribution in [-0.2, 0) is 4.79 Å². The summed E-state index contributed by atoms with van der Waals surface area (Å²) < 4.78 is 0. The third-order valence-electron chi connectivity index (χ3n) is 2.63. The van der Waals surface area contributed by atoms with Crippen LogP contribution < -0.4 is 0 Å². The van der Waals surface area contributed by atoms with Crippen molar-refractivity contribution in [2.75, 3.05) is 0 Å². The summed E-state index contributed by atoms with van der Waals surface area (Å²) in [5.41, 5.74) is 1.30. The average Bonchev–Trinajstić information content (AvgIpc) is 2.13. The highest BCUT2D eigenvalue weighted by molar-refractivity contribution is 5.80. The van der Waals surface area contributed by atoms with Crippen LogP contribution in [0.4, 0.5) is 0 Å². The molecule has 1 atom stereocenters. The highest BCUT2D eigenvalue weighted by Gasteiger charge is 2.11. The van der Waals surface area contributed by atoms with Gasteiger partial charge in [0.1, 0.15) is 5.78 Å². The van der Waals surface area contributed by atoms with Crippen LogP contribution in [0.2, 0.25) is 0 Å². The molecule has 0 aliphatic carbocycles. The summed E-state index contributed by atoms with van der Waals surface area (Å²) in [4.78, 5) is 11.7. The highest BCUT2D eigenvalue weighted by Crippen LogP contribution is 2.13. The Hall–Kier alpha value is -0.590. The van der Waals surface area contributed by atoms with Gasteiger partial charge in [-0.3, -0.25) is 4.79 Å². The minimum atomic E-state index is 0.201. The van der Waals surface area contributed by atoms with Gasteiger partial charge in [0.05, 0.1) is 0 Å². The fraction of sp³-hybridized carbons (Fsp3) is 0.786. The van der Waals surface area contributed by atoms with E-state index in [2.05, 4.69) is 33.8 Å². The molecule has 0 saturated heterocycles. The summed E-state index contributed by atoms with van der Waals surface area (Å²) in [6, 6.07) is 0. The van der Waals surface area contributed by atoms with E-state index in [9.17, 15) is 4.79 Å². The molecule has 0 amide bonds. The Morgan fingerprint density at radius 3 is 2.27 bits per heavy atom. The van der Waals surface area contributed by atoms with Crippen LogP contribution in [0.3, 0.4) is 0 Å². The molecule has 88 valence electrons. The van der Waals surface area contributed by atoms with Crippen molar-refractivity contribution in [2.24, 2.45) is 11.8 Å². The maximum absolute atomic E-state index is 11.7. The maximum Gasteiger partial charge on any atom is 0.136 e. The molecule has 1 nitrogen and oxygen atoms in total. The Balaban J connectivity index is 3.74. The van der Waals surface area contributed by atoms with Gasteiger partial charge >= 0.3 is 0 Å². The van der Waals surface area contributed by atoms with E-state index >= 15 is 0 Å². The van der Waals surface area contributed by atoms with Gasteiger partial charge in [0.15, 0.2) is 0 Å². The summed E-state index contributed by atoms with van der Waals surface area (Å²) in [5.74, 6) is 1.34. The Bertz CT molecular complexity index is 209. The lowest BCUT2D eigenvalue weighted by Crippen LogP contribution is -2.10. The maximum atomic E-state index is 11.7. The van der Waals surface area contributed by atoms with Crippen LogP contribution in [0, 0.1) is 11.8 Å². The SMILES string of the molecule is CC(C)=CCC(C)C(=O)CCCC(C)C. The summed E-state index contributed by atoms with van der Waals surface area (Å²) in [6.07, 6.45) is 6.04. The molecule has 0 bridgehead atoms. The van der Waals surface area contributed by atoms with Crippen molar-refractivity contribution in [2.45, 2.75) is 60.3 Å². The molecule has 0 aromatic carbocycles. The van der Waals surface area contributed by atoms with Gasteiger partial charge in [0, 0.05) is 12.3 Å². The lowest BCUT2D eigenvalue weighted by molar-refractivity contribution is -0.122. The smallest absolute Gasteiger partial charge is 0.136 e. The second-order valence-corrected chi connectivity index (χ2v) is 5.17. The van der Waals surface area contributed by atoms with Crippen LogP contribution in [0.25, 0.3) is 0 Å². The summed E-state index contributed by atoms with van der Waals surface area (Å²) in [7, 11) is 0. The number of allylic oxidation sites excluding steroid dienone is 2.